The molecule has 1 rings (SSSR count). The van der Waals surface area contributed by atoms with Crippen molar-refractivity contribution < 1.29 is 13.7 Å². The van der Waals surface area contributed by atoms with Crippen LogP contribution in [0.5, 0.6) is 0 Å². The van der Waals surface area contributed by atoms with E-state index in [0.717, 1.165) is 17.7 Å². The average molecular weight is 297 g/mol. The van der Waals surface area contributed by atoms with Crippen molar-refractivity contribution in [2.24, 2.45) is 0 Å². The zero-order chi connectivity index (χ0) is 15.1. The Morgan fingerprint density at radius 3 is 2.75 bits per heavy atom. The summed E-state index contributed by atoms with van der Waals surface area (Å²) in [4.78, 5) is 11.9. The largest absolute Gasteiger partial charge is 0.463 e. The molecule has 1 N–H and O–H groups in total. The fraction of sp³-hybridized carbons (Fsp3) is 0.533. The summed E-state index contributed by atoms with van der Waals surface area (Å²) in [5, 5.41) is 3.22. The zero-order valence-electron chi connectivity index (χ0n) is 12.6. The van der Waals surface area contributed by atoms with Crippen molar-refractivity contribution in [2.45, 2.75) is 33.2 Å². The fourth-order valence-corrected chi connectivity index (χ4v) is 2.21. The van der Waals surface area contributed by atoms with Gasteiger partial charge in [-0.25, -0.2) is 4.79 Å². The Hall–Kier alpha value is -1.36. The van der Waals surface area contributed by atoms with Gasteiger partial charge in [0, 0.05) is 22.7 Å². The first-order chi connectivity index (χ1) is 9.45. The molecule has 1 unspecified atom stereocenters. The Morgan fingerprint density at radius 2 is 2.15 bits per heavy atom. The first-order valence-electron chi connectivity index (χ1n) is 6.77. The van der Waals surface area contributed by atoms with E-state index in [2.05, 4.69) is 12.2 Å². The van der Waals surface area contributed by atoms with Gasteiger partial charge in [-0.1, -0.05) is 25.1 Å². The Bertz CT molecular complexity index is 488. The van der Waals surface area contributed by atoms with Crippen LogP contribution in [0.2, 0.25) is 0 Å². The maximum absolute atomic E-state index is 11.9. The highest BCUT2D eigenvalue weighted by molar-refractivity contribution is 7.84. The molecule has 0 spiro atoms. The molecule has 1 aromatic carbocycles. The van der Waals surface area contributed by atoms with Crippen LogP contribution in [0, 0.1) is 6.92 Å². The smallest absolute Gasteiger partial charge is 0.328 e. The second-order valence-corrected chi connectivity index (χ2v) is 6.33. The maximum atomic E-state index is 11.9. The van der Waals surface area contributed by atoms with Crippen LogP contribution in [-0.4, -0.2) is 34.8 Å². The third kappa shape index (κ3) is 4.96. The zero-order valence-corrected chi connectivity index (χ0v) is 13.4. The van der Waals surface area contributed by atoms with Gasteiger partial charge in [-0.3, -0.25) is 4.21 Å². The Kier molecular flexibility index (Phi) is 6.71. The highest BCUT2D eigenvalue weighted by Crippen LogP contribution is 2.22. The van der Waals surface area contributed by atoms with Gasteiger partial charge in [0.15, 0.2) is 0 Å². The number of rotatable bonds is 7. The molecule has 0 aliphatic heterocycles. The molecule has 0 bridgehead atoms. The van der Waals surface area contributed by atoms with E-state index in [4.69, 9.17) is 4.74 Å². The van der Waals surface area contributed by atoms with Crippen molar-refractivity contribution in [2.75, 3.05) is 23.9 Å². The summed E-state index contributed by atoms with van der Waals surface area (Å²) in [5.41, 5.74) is 3.29. The van der Waals surface area contributed by atoms with Gasteiger partial charge in [0.05, 0.1) is 5.75 Å². The van der Waals surface area contributed by atoms with E-state index < -0.39 is 16.8 Å². The molecule has 0 aromatic heterocycles. The summed E-state index contributed by atoms with van der Waals surface area (Å²) < 4.78 is 16.0. The molecule has 5 heteroatoms. The lowest BCUT2D eigenvalue weighted by atomic mass is 10.1. The topological polar surface area (TPSA) is 55.4 Å². The predicted octanol–water partition coefficient (Wildman–Crippen LogP) is 2.28. The van der Waals surface area contributed by atoms with Crippen LogP contribution in [0.1, 0.15) is 25.0 Å². The number of carbonyl (C=O) groups is 1. The third-order valence-electron chi connectivity index (χ3n) is 3.07. The van der Waals surface area contributed by atoms with Crippen molar-refractivity contribution in [3.63, 3.8) is 0 Å². The van der Waals surface area contributed by atoms with Gasteiger partial charge in [0.1, 0.15) is 12.6 Å². The number of ether oxygens (including phenoxy) is 1. The van der Waals surface area contributed by atoms with E-state index in [1.807, 2.05) is 25.1 Å². The van der Waals surface area contributed by atoms with Crippen LogP contribution in [0.25, 0.3) is 0 Å². The van der Waals surface area contributed by atoms with Crippen LogP contribution >= 0.6 is 0 Å². The molecule has 0 aliphatic rings. The number of benzene rings is 1. The van der Waals surface area contributed by atoms with Gasteiger partial charge in [0.2, 0.25) is 0 Å². The van der Waals surface area contributed by atoms with Crippen LogP contribution in [0.4, 0.5) is 5.69 Å². The first-order valence-corrected chi connectivity index (χ1v) is 8.50. The lowest BCUT2D eigenvalue weighted by Gasteiger charge is -2.18. The average Bonchev–Trinajstić information content (AvgIpc) is 2.40. The van der Waals surface area contributed by atoms with Gasteiger partial charge in [-0.2, -0.15) is 0 Å². The second kappa shape index (κ2) is 8.04. The molecule has 20 heavy (non-hydrogen) atoms. The Balaban J connectivity index is 2.63. The van der Waals surface area contributed by atoms with Crippen molar-refractivity contribution in [1.29, 1.82) is 0 Å². The molecule has 0 radical (unpaired) electrons. The number of nitrogens with one attached hydrogen (secondary N) is 1. The van der Waals surface area contributed by atoms with Gasteiger partial charge < -0.3 is 10.1 Å². The summed E-state index contributed by atoms with van der Waals surface area (Å²) >= 11 is 0. The minimum absolute atomic E-state index is 0.197. The highest BCUT2D eigenvalue weighted by Gasteiger charge is 2.16. The van der Waals surface area contributed by atoms with Crippen molar-refractivity contribution in [1.82, 2.24) is 0 Å². The van der Waals surface area contributed by atoms with Crippen molar-refractivity contribution >= 4 is 22.5 Å². The number of aryl methyl sites for hydroxylation is 2. The van der Waals surface area contributed by atoms with Gasteiger partial charge >= 0.3 is 5.97 Å². The van der Waals surface area contributed by atoms with E-state index in [0.29, 0.717) is 5.75 Å². The summed E-state index contributed by atoms with van der Waals surface area (Å²) in [6, 6.07) is 5.65. The molecule has 0 amide bonds. The second-order valence-electron chi connectivity index (χ2n) is 4.77. The summed E-state index contributed by atoms with van der Waals surface area (Å²) in [5.74, 6) is 0.0593. The molecule has 112 valence electrons. The lowest BCUT2D eigenvalue weighted by molar-refractivity contribution is -0.143. The van der Waals surface area contributed by atoms with Crippen LogP contribution in [0.3, 0.4) is 0 Å². The number of para-hydroxylation sites is 1. The third-order valence-corrected chi connectivity index (χ3v) is 3.81. The molecule has 0 aliphatic carbocycles. The highest BCUT2D eigenvalue weighted by atomic mass is 32.2. The molecular formula is C15H23NO3S. The van der Waals surface area contributed by atoms with Gasteiger partial charge in [0.25, 0.3) is 0 Å². The number of esters is 1. The van der Waals surface area contributed by atoms with Crippen LogP contribution in [0.15, 0.2) is 18.2 Å². The standard InChI is InChI=1S/C15H23NO3S/c1-5-13-8-6-7-11(2)14(13)16-12(3)15(17)19-9-10-20(4)18/h6-8,12,16H,5,9-10H2,1-4H3/t12-,20?/m0/s1. The molecule has 0 saturated heterocycles. The van der Waals surface area contributed by atoms with Gasteiger partial charge in [-0.05, 0) is 31.4 Å². The van der Waals surface area contributed by atoms with E-state index in [1.54, 1.807) is 13.2 Å². The summed E-state index contributed by atoms with van der Waals surface area (Å²) in [6.45, 7) is 6.07. The van der Waals surface area contributed by atoms with Crippen LogP contribution in [-0.2, 0) is 26.8 Å². The molecule has 0 saturated carbocycles. The fourth-order valence-electron chi connectivity index (χ4n) is 1.89. The molecular weight excluding hydrogens is 274 g/mol. The lowest BCUT2D eigenvalue weighted by Crippen LogP contribution is -2.30. The van der Waals surface area contributed by atoms with Crippen molar-refractivity contribution in [3.8, 4) is 0 Å². The summed E-state index contributed by atoms with van der Waals surface area (Å²) in [6.07, 6.45) is 2.50. The van der Waals surface area contributed by atoms with E-state index in [-0.39, 0.29) is 12.6 Å². The normalized spacial score (nSPS) is 13.6. The molecule has 0 fully saturated rings. The minimum atomic E-state index is -0.940. The maximum Gasteiger partial charge on any atom is 0.328 e. The Morgan fingerprint density at radius 1 is 1.45 bits per heavy atom. The quantitative estimate of drug-likeness (QED) is 0.785. The monoisotopic (exact) mass is 297 g/mol. The van der Waals surface area contributed by atoms with Gasteiger partial charge in [-0.15, -0.1) is 0 Å². The number of anilines is 1. The predicted molar refractivity (Wildman–Crippen MR) is 83.5 cm³/mol. The number of carbonyl (C=O) groups excluding carboxylic acids is 1. The van der Waals surface area contributed by atoms with E-state index >= 15 is 0 Å². The Labute approximate surface area is 123 Å². The first kappa shape index (κ1) is 16.7. The van der Waals surface area contributed by atoms with Crippen LogP contribution < -0.4 is 5.32 Å². The molecule has 4 nitrogen and oxygen atoms in total. The van der Waals surface area contributed by atoms with E-state index in [1.165, 1.54) is 5.56 Å². The SMILES string of the molecule is CCc1cccc(C)c1N[C@@H](C)C(=O)OCCS(C)=O. The van der Waals surface area contributed by atoms with Crippen molar-refractivity contribution in [3.05, 3.63) is 29.3 Å². The molecule has 1 aromatic rings. The number of hydrogen-bond acceptors (Lipinski definition) is 4. The molecule has 2 atom stereocenters. The number of hydrogen-bond donors (Lipinski definition) is 1. The summed E-state index contributed by atoms with van der Waals surface area (Å²) in [7, 11) is -0.940. The molecule has 0 heterocycles. The van der Waals surface area contributed by atoms with E-state index in [9.17, 15) is 9.00 Å². The minimum Gasteiger partial charge on any atom is -0.463 e.